The average molecular weight is 352 g/mol. The lowest BCUT2D eigenvalue weighted by atomic mass is 10.2. The molecule has 3 N–H and O–H groups in total. The number of rotatable bonds is 4. The summed E-state index contributed by atoms with van der Waals surface area (Å²) in [6, 6.07) is 8.26. The molecule has 0 bridgehead atoms. The summed E-state index contributed by atoms with van der Waals surface area (Å²) < 4.78 is 6.75. The summed E-state index contributed by atoms with van der Waals surface area (Å²) in [6.45, 7) is -0.0935. The Morgan fingerprint density at radius 2 is 2.19 bits per heavy atom. The Bertz CT molecular complexity index is 728. The molecule has 0 radical (unpaired) electrons. The van der Waals surface area contributed by atoms with Gasteiger partial charge in [-0.2, -0.15) is 0 Å². The van der Waals surface area contributed by atoms with E-state index in [0.29, 0.717) is 21.6 Å². The first kappa shape index (κ1) is 15.1. The monoisotopic (exact) mass is 351 g/mol. The van der Waals surface area contributed by atoms with Crippen LogP contribution in [0.2, 0.25) is 0 Å². The van der Waals surface area contributed by atoms with Crippen LogP contribution in [0.5, 0.6) is 5.75 Å². The number of nitrogens with two attached hydrogens (primary N) is 1. The predicted octanol–water partition coefficient (Wildman–Crippen LogP) is 1.84. The summed E-state index contributed by atoms with van der Waals surface area (Å²) in [5.74, 6) is 0.265. The van der Waals surface area contributed by atoms with Crippen molar-refractivity contribution in [3.05, 3.63) is 51.4 Å². The molecule has 1 aromatic carbocycles. The van der Waals surface area contributed by atoms with E-state index in [2.05, 4.69) is 21.2 Å². The first-order valence-electron chi connectivity index (χ1n) is 6.09. The van der Waals surface area contributed by atoms with E-state index in [-0.39, 0.29) is 18.0 Å². The summed E-state index contributed by atoms with van der Waals surface area (Å²) in [4.78, 5) is 23.8. The topological polar surface area (TPSA) is 86.3 Å². The molecule has 0 aliphatic carbocycles. The Morgan fingerprint density at radius 1 is 1.43 bits per heavy atom. The summed E-state index contributed by atoms with van der Waals surface area (Å²) >= 11 is 3.13. The number of methoxy groups -OCH3 is 1. The smallest absolute Gasteiger partial charge is 0.265 e. The number of aromatic nitrogens is 1. The van der Waals surface area contributed by atoms with Crippen LogP contribution in [0.3, 0.4) is 0 Å². The highest BCUT2D eigenvalue weighted by Crippen LogP contribution is 2.23. The van der Waals surface area contributed by atoms with Gasteiger partial charge in [0, 0.05) is 12.3 Å². The van der Waals surface area contributed by atoms with Gasteiger partial charge < -0.3 is 20.4 Å². The summed E-state index contributed by atoms with van der Waals surface area (Å²) in [7, 11) is 1.53. The number of hydrogen-bond donors (Lipinski definition) is 2. The second-order valence-corrected chi connectivity index (χ2v) is 5.14. The molecule has 0 atom stereocenters. The lowest BCUT2D eigenvalue weighted by Crippen LogP contribution is -2.27. The second kappa shape index (κ2) is 6.45. The number of nitrogen functional groups attached to an aromatic ring is 1. The number of hydrogen-bond acceptors (Lipinski definition) is 4. The minimum atomic E-state index is -0.341. The third-order valence-electron chi connectivity index (χ3n) is 2.82. The van der Waals surface area contributed by atoms with Crippen molar-refractivity contribution in [2.45, 2.75) is 6.54 Å². The van der Waals surface area contributed by atoms with Crippen molar-refractivity contribution in [1.29, 1.82) is 0 Å². The summed E-state index contributed by atoms with van der Waals surface area (Å²) in [6.07, 6.45) is 1.55. The number of amides is 1. The highest BCUT2D eigenvalue weighted by Gasteiger charge is 2.09. The van der Waals surface area contributed by atoms with Crippen LogP contribution in [0.15, 0.2) is 45.8 Å². The van der Waals surface area contributed by atoms with Crippen molar-refractivity contribution < 1.29 is 9.53 Å². The first-order valence-corrected chi connectivity index (χ1v) is 6.89. The van der Waals surface area contributed by atoms with Crippen molar-refractivity contribution in [3.8, 4) is 5.75 Å². The quantitative estimate of drug-likeness (QED) is 0.823. The van der Waals surface area contributed by atoms with Gasteiger partial charge in [0.1, 0.15) is 12.3 Å². The Kier molecular flexibility index (Phi) is 4.64. The predicted molar refractivity (Wildman–Crippen MR) is 84.4 cm³/mol. The van der Waals surface area contributed by atoms with E-state index < -0.39 is 0 Å². The molecule has 2 rings (SSSR count). The van der Waals surface area contributed by atoms with Crippen molar-refractivity contribution >= 4 is 33.2 Å². The fourth-order valence-electron chi connectivity index (χ4n) is 1.76. The molecule has 0 saturated carbocycles. The van der Waals surface area contributed by atoms with Crippen LogP contribution in [0, 0.1) is 0 Å². The molecule has 0 fully saturated rings. The van der Waals surface area contributed by atoms with Gasteiger partial charge in [-0.15, -0.1) is 0 Å². The lowest BCUT2D eigenvalue weighted by Gasteiger charge is -2.10. The molecule has 21 heavy (non-hydrogen) atoms. The fraction of sp³-hybridized carbons (Fsp3) is 0.143. The molecule has 0 spiro atoms. The van der Waals surface area contributed by atoms with Crippen molar-refractivity contribution in [2.24, 2.45) is 0 Å². The van der Waals surface area contributed by atoms with E-state index in [0.717, 1.165) is 0 Å². The molecule has 0 unspecified atom stereocenters. The number of carbonyl (C=O) groups is 1. The largest absolute Gasteiger partial charge is 0.497 e. The molecule has 0 aliphatic heterocycles. The molecule has 0 saturated heterocycles. The molecule has 1 amide bonds. The molecule has 7 heteroatoms. The van der Waals surface area contributed by atoms with E-state index in [1.54, 1.807) is 36.5 Å². The molecular formula is C14H14BrN3O3. The average Bonchev–Trinajstić information content (AvgIpc) is 2.46. The highest BCUT2D eigenvalue weighted by atomic mass is 79.9. The minimum Gasteiger partial charge on any atom is -0.497 e. The van der Waals surface area contributed by atoms with Gasteiger partial charge in [-0.05, 0) is 40.2 Å². The van der Waals surface area contributed by atoms with Gasteiger partial charge >= 0.3 is 0 Å². The fourth-order valence-corrected chi connectivity index (χ4v) is 2.14. The maximum absolute atomic E-state index is 12.0. The number of pyridine rings is 1. The second-order valence-electron chi connectivity index (χ2n) is 4.29. The van der Waals surface area contributed by atoms with Crippen LogP contribution in [0.25, 0.3) is 0 Å². The van der Waals surface area contributed by atoms with E-state index in [4.69, 9.17) is 10.5 Å². The highest BCUT2D eigenvalue weighted by molar-refractivity contribution is 9.10. The zero-order valence-corrected chi connectivity index (χ0v) is 12.9. The number of nitrogens with zero attached hydrogens (tertiary/aromatic N) is 1. The first-order chi connectivity index (χ1) is 10.0. The van der Waals surface area contributed by atoms with Gasteiger partial charge in [0.25, 0.3) is 5.56 Å². The molecular weight excluding hydrogens is 338 g/mol. The van der Waals surface area contributed by atoms with Gasteiger partial charge in [0.05, 0.1) is 23.0 Å². The SMILES string of the molecule is COc1ccc(NC(=O)Cn2cccc(Br)c2=O)c(N)c1. The lowest BCUT2D eigenvalue weighted by molar-refractivity contribution is -0.116. The van der Waals surface area contributed by atoms with E-state index >= 15 is 0 Å². The number of anilines is 2. The van der Waals surface area contributed by atoms with Crippen LogP contribution < -0.4 is 21.3 Å². The Morgan fingerprint density at radius 3 is 2.86 bits per heavy atom. The number of benzene rings is 1. The zero-order valence-electron chi connectivity index (χ0n) is 11.3. The molecule has 2 aromatic rings. The molecule has 1 heterocycles. The number of carbonyl (C=O) groups excluding carboxylic acids is 1. The molecule has 0 aliphatic rings. The van der Waals surface area contributed by atoms with Gasteiger partial charge in [-0.3, -0.25) is 9.59 Å². The van der Waals surface area contributed by atoms with Crippen LogP contribution >= 0.6 is 15.9 Å². The van der Waals surface area contributed by atoms with E-state index in [1.165, 1.54) is 11.7 Å². The third kappa shape index (κ3) is 3.63. The molecule has 1 aromatic heterocycles. The summed E-state index contributed by atoms with van der Waals surface area (Å²) in [5.41, 5.74) is 6.42. The maximum Gasteiger partial charge on any atom is 0.265 e. The van der Waals surface area contributed by atoms with Crippen LogP contribution in [0.1, 0.15) is 0 Å². The number of halogens is 1. The van der Waals surface area contributed by atoms with Gasteiger partial charge in [0.15, 0.2) is 0 Å². The Balaban J connectivity index is 2.12. The normalized spacial score (nSPS) is 10.2. The zero-order chi connectivity index (χ0) is 15.4. The molecule has 110 valence electrons. The standard InChI is InChI=1S/C14H14BrN3O3/c1-21-9-4-5-12(11(16)7-9)17-13(19)8-18-6-2-3-10(15)14(18)20/h2-7H,8,16H2,1H3,(H,17,19). The molecule has 6 nitrogen and oxygen atoms in total. The Hall–Kier alpha value is -2.28. The van der Waals surface area contributed by atoms with Crippen LogP contribution in [-0.4, -0.2) is 17.6 Å². The van der Waals surface area contributed by atoms with Crippen molar-refractivity contribution in [3.63, 3.8) is 0 Å². The van der Waals surface area contributed by atoms with E-state index in [1.807, 2.05) is 0 Å². The van der Waals surface area contributed by atoms with Crippen molar-refractivity contribution in [2.75, 3.05) is 18.2 Å². The number of nitrogens with one attached hydrogen (secondary N) is 1. The van der Waals surface area contributed by atoms with Crippen LogP contribution in [0.4, 0.5) is 11.4 Å². The van der Waals surface area contributed by atoms with Crippen molar-refractivity contribution in [1.82, 2.24) is 4.57 Å². The minimum absolute atomic E-state index is 0.0935. The Labute approximate surface area is 129 Å². The third-order valence-corrected chi connectivity index (χ3v) is 3.42. The maximum atomic E-state index is 12.0. The number of ether oxygens (including phenoxy) is 1. The van der Waals surface area contributed by atoms with Gasteiger partial charge in [-0.1, -0.05) is 0 Å². The van der Waals surface area contributed by atoms with Gasteiger partial charge in [-0.25, -0.2) is 0 Å². The van der Waals surface area contributed by atoms with Crippen LogP contribution in [-0.2, 0) is 11.3 Å². The summed E-state index contributed by atoms with van der Waals surface area (Å²) in [5, 5.41) is 2.66. The van der Waals surface area contributed by atoms with E-state index in [9.17, 15) is 9.59 Å². The van der Waals surface area contributed by atoms with Gasteiger partial charge in [0.2, 0.25) is 5.91 Å².